The van der Waals surface area contributed by atoms with Gasteiger partial charge in [-0.25, -0.2) is 0 Å². The predicted molar refractivity (Wildman–Crippen MR) is 158 cm³/mol. The van der Waals surface area contributed by atoms with E-state index in [0.29, 0.717) is 13.2 Å². The van der Waals surface area contributed by atoms with Crippen LogP contribution >= 0.6 is 15.9 Å². The van der Waals surface area contributed by atoms with Crippen molar-refractivity contribution in [3.63, 3.8) is 0 Å². The Morgan fingerprint density at radius 2 is 0.821 bits per heavy atom. The summed E-state index contributed by atoms with van der Waals surface area (Å²) in [5, 5.41) is 18.4. The summed E-state index contributed by atoms with van der Waals surface area (Å²) < 4.78 is 12.8. The van der Waals surface area contributed by atoms with Crippen molar-refractivity contribution in [3.8, 4) is 33.8 Å². The molecule has 0 fully saturated rings. The third-order valence-corrected chi connectivity index (χ3v) is 7.41. The highest BCUT2D eigenvalue weighted by molar-refractivity contribution is 9.10. The highest BCUT2D eigenvalue weighted by Crippen LogP contribution is 2.37. The SMILES string of the molecule is OCc1ccc(OCc2ccc(-c3cccc(-c4ccc(COc5ccc(CO)cc5)cc4)c3Br)cc2)cc1. The summed E-state index contributed by atoms with van der Waals surface area (Å²) in [4.78, 5) is 0. The summed E-state index contributed by atoms with van der Waals surface area (Å²) in [5.74, 6) is 1.56. The van der Waals surface area contributed by atoms with Gasteiger partial charge in [-0.3, -0.25) is 0 Å². The molecule has 5 aromatic rings. The van der Waals surface area contributed by atoms with E-state index in [2.05, 4.69) is 82.7 Å². The first-order valence-electron chi connectivity index (χ1n) is 12.8. The molecule has 5 aromatic carbocycles. The monoisotopic (exact) mass is 580 g/mol. The van der Waals surface area contributed by atoms with Crippen LogP contribution in [0.25, 0.3) is 22.3 Å². The molecule has 2 N–H and O–H groups in total. The first-order chi connectivity index (χ1) is 19.1. The molecule has 0 atom stereocenters. The number of rotatable bonds is 10. The number of halogens is 1. The maximum atomic E-state index is 9.18. The van der Waals surface area contributed by atoms with Gasteiger partial charge in [0, 0.05) is 4.47 Å². The van der Waals surface area contributed by atoms with Crippen LogP contribution in [0.5, 0.6) is 11.5 Å². The number of hydrogen-bond donors (Lipinski definition) is 2. The van der Waals surface area contributed by atoms with Crippen molar-refractivity contribution in [1.82, 2.24) is 0 Å². The van der Waals surface area contributed by atoms with Crippen molar-refractivity contribution >= 4 is 15.9 Å². The maximum absolute atomic E-state index is 9.18. The van der Waals surface area contributed by atoms with E-state index in [1.54, 1.807) is 0 Å². The second-order valence-electron chi connectivity index (χ2n) is 9.24. The average molecular weight is 582 g/mol. The minimum atomic E-state index is 0.0292. The Labute approximate surface area is 237 Å². The van der Waals surface area contributed by atoms with Crippen LogP contribution in [-0.4, -0.2) is 10.2 Å². The lowest BCUT2D eigenvalue weighted by Gasteiger charge is -2.13. The Morgan fingerprint density at radius 3 is 1.18 bits per heavy atom. The molecule has 0 aromatic heterocycles. The molecule has 0 aliphatic carbocycles. The van der Waals surface area contributed by atoms with Gasteiger partial charge in [0.2, 0.25) is 0 Å². The molecule has 0 aliphatic rings. The molecule has 0 radical (unpaired) electrons. The van der Waals surface area contributed by atoms with Gasteiger partial charge in [0.05, 0.1) is 13.2 Å². The predicted octanol–water partition coefficient (Wildman–Crippen LogP) is 7.93. The van der Waals surface area contributed by atoms with Crippen molar-refractivity contribution in [2.75, 3.05) is 0 Å². The lowest BCUT2D eigenvalue weighted by atomic mass is 9.98. The largest absolute Gasteiger partial charge is 0.489 e. The molecule has 0 heterocycles. The summed E-state index contributed by atoms with van der Waals surface area (Å²) in [6, 6.07) is 38.1. The van der Waals surface area contributed by atoms with Gasteiger partial charge in [-0.1, -0.05) is 91.0 Å². The molecule has 4 nitrogen and oxygen atoms in total. The van der Waals surface area contributed by atoms with Crippen LogP contribution in [0.1, 0.15) is 22.3 Å². The van der Waals surface area contributed by atoms with Crippen LogP contribution in [0, 0.1) is 0 Å². The van der Waals surface area contributed by atoms with Gasteiger partial charge in [-0.05, 0) is 84.7 Å². The van der Waals surface area contributed by atoms with Crippen LogP contribution in [0.3, 0.4) is 0 Å². The quantitative estimate of drug-likeness (QED) is 0.176. The summed E-state index contributed by atoms with van der Waals surface area (Å²) >= 11 is 3.85. The van der Waals surface area contributed by atoms with Crippen LogP contribution in [0.4, 0.5) is 0 Å². The van der Waals surface area contributed by atoms with Gasteiger partial charge < -0.3 is 19.7 Å². The van der Waals surface area contributed by atoms with E-state index >= 15 is 0 Å². The standard InChI is InChI=1S/C34H29BrO4/c35-34-32(28-12-4-26(5-13-28)22-38-30-16-8-24(20-36)9-17-30)2-1-3-33(34)29-14-6-27(7-15-29)23-39-31-18-10-25(21-37)11-19-31/h1-19,36-37H,20-23H2. The lowest BCUT2D eigenvalue weighted by molar-refractivity contribution is 0.280. The van der Waals surface area contributed by atoms with Crippen LogP contribution < -0.4 is 9.47 Å². The van der Waals surface area contributed by atoms with Gasteiger partial charge in [0.1, 0.15) is 24.7 Å². The average Bonchev–Trinajstić information content (AvgIpc) is 3.00. The van der Waals surface area contributed by atoms with E-state index in [9.17, 15) is 10.2 Å². The molecular weight excluding hydrogens is 552 g/mol. The van der Waals surface area contributed by atoms with Crippen LogP contribution in [0.15, 0.2) is 120 Å². The number of hydrogen-bond acceptors (Lipinski definition) is 4. The zero-order chi connectivity index (χ0) is 27.0. The molecule has 0 saturated carbocycles. The van der Waals surface area contributed by atoms with Crippen molar-refractivity contribution in [2.45, 2.75) is 26.4 Å². The van der Waals surface area contributed by atoms with Gasteiger partial charge in [0.25, 0.3) is 0 Å². The van der Waals surface area contributed by atoms with Gasteiger partial charge in [-0.2, -0.15) is 0 Å². The van der Waals surface area contributed by atoms with Crippen molar-refractivity contribution in [1.29, 1.82) is 0 Å². The van der Waals surface area contributed by atoms with E-state index in [-0.39, 0.29) is 13.2 Å². The third kappa shape index (κ3) is 6.76. The Morgan fingerprint density at radius 1 is 0.462 bits per heavy atom. The normalized spacial score (nSPS) is 10.8. The van der Waals surface area contributed by atoms with E-state index < -0.39 is 0 Å². The van der Waals surface area contributed by atoms with Crippen molar-refractivity contribution < 1.29 is 19.7 Å². The third-order valence-electron chi connectivity index (χ3n) is 6.55. The fourth-order valence-corrected chi connectivity index (χ4v) is 4.98. The van der Waals surface area contributed by atoms with Crippen molar-refractivity contribution in [2.24, 2.45) is 0 Å². The molecule has 5 heteroatoms. The number of benzene rings is 5. The molecule has 0 amide bonds. The fraction of sp³-hybridized carbons (Fsp3) is 0.118. The fourth-order valence-electron chi connectivity index (χ4n) is 4.25. The van der Waals surface area contributed by atoms with Gasteiger partial charge >= 0.3 is 0 Å². The summed E-state index contributed by atoms with van der Waals surface area (Å²) in [6.45, 7) is 1.01. The Kier molecular flexibility index (Phi) is 8.74. The molecule has 0 bridgehead atoms. The molecule has 0 aliphatic heterocycles. The number of aliphatic hydroxyl groups excluding tert-OH is 2. The van der Waals surface area contributed by atoms with Crippen molar-refractivity contribution in [3.05, 3.63) is 142 Å². The topological polar surface area (TPSA) is 58.9 Å². The molecule has 196 valence electrons. The highest BCUT2D eigenvalue weighted by atomic mass is 79.9. The van der Waals surface area contributed by atoms with E-state index in [1.165, 1.54) is 0 Å². The van der Waals surface area contributed by atoms with E-state index in [0.717, 1.165) is 60.5 Å². The minimum Gasteiger partial charge on any atom is -0.489 e. The molecular formula is C34H29BrO4. The molecule has 5 rings (SSSR count). The van der Waals surface area contributed by atoms with Crippen LogP contribution in [0.2, 0.25) is 0 Å². The number of ether oxygens (including phenoxy) is 2. The Hall–Kier alpha value is -3.90. The van der Waals surface area contributed by atoms with Crippen LogP contribution in [-0.2, 0) is 26.4 Å². The van der Waals surface area contributed by atoms with E-state index in [4.69, 9.17) is 9.47 Å². The first-order valence-corrected chi connectivity index (χ1v) is 13.5. The Bertz CT molecular complexity index is 1380. The molecule has 0 saturated heterocycles. The summed E-state index contributed by atoms with van der Waals surface area (Å²) in [6.07, 6.45) is 0. The molecule has 39 heavy (non-hydrogen) atoms. The maximum Gasteiger partial charge on any atom is 0.119 e. The van der Waals surface area contributed by atoms with Gasteiger partial charge in [0.15, 0.2) is 0 Å². The second kappa shape index (κ2) is 12.8. The van der Waals surface area contributed by atoms with E-state index in [1.807, 2.05) is 48.5 Å². The summed E-state index contributed by atoms with van der Waals surface area (Å²) in [7, 11) is 0. The Balaban J connectivity index is 1.24. The first kappa shape index (κ1) is 26.7. The zero-order valence-electron chi connectivity index (χ0n) is 21.4. The summed E-state index contributed by atoms with van der Waals surface area (Å²) in [5.41, 5.74) is 8.39. The minimum absolute atomic E-state index is 0.0292. The smallest absolute Gasteiger partial charge is 0.119 e. The highest BCUT2D eigenvalue weighted by Gasteiger charge is 2.10. The second-order valence-corrected chi connectivity index (χ2v) is 10.0. The zero-order valence-corrected chi connectivity index (χ0v) is 23.0. The molecule has 0 unspecified atom stereocenters. The lowest BCUT2D eigenvalue weighted by Crippen LogP contribution is -1.96. The molecule has 0 spiro atoms. The number of aliphatic hydroxyl groups is 2. The van der Waals surface area contributed by atoms with Gasteiger partial charge in [-0.15, -0.1) is 0 Å².